The van der Waals surface area contributed by atoms with Crippen molar-refractivity contribution in [2.75, 3.05) is 18.4 Å². The predicted octanol–water partition coefficient (Wildman–Crippen LogP) is 3.55. The maximum atomic E-state index is 12.5. The molecule has 3 amide bonds. The van der Waals surface area contributed by atoms with Gasteiger partial charge in [0.15, 0.2) is 5.25 Å². The molecule has 1 atom stereocenters. The molecule has 0 spiro atoms. The van der Waals surface area contributed by atoms with Gasteiger partial charge in [0.25, 0.3) is 0 Å². The zero-order valence-corrected chi connectivity index (χ0v) is 18.0. The number of nitrogens with one attached hydrogen (secondary N) is 2. The number of urea groups is 1. The summed E-state index contributed by atoms with van der Waals surface area (Å²) in [7, 11) is -4.50. The van der Waals surface area contributed by atoms with Gasteiger partial charge in [0.05, 0.1) is 0 Å². The van der Waals surface area contributed by atoms with Crippen molar-refractivity contribution in [3.8, 4) is 0 Å². The first kappa shape index (κ1) is 24.0. The van der Waals surface area contributed by atoms with Gasteiger partial charge in [-0.25, -0.2) is 17.9 Å². The van der Waals surface area contributed by atoms with Gasteiger partial charge >= 0.3 is 12.2 Å². The van der Waals surface area contributed by atoms with Crippen molar-refractivity contribution in [3.05, 3.63) is 29.3 Å². The van der Waals surface area contributed by atoms with Crippen molar-refractivity contribution in [1.29, 1.82) is 0 Å². The van der Waals surface area contributed by atoms with Crippen molar-refractivity contribution in [3.63, 3.8) is 0 Å². The van der Waals surface area contributed by atoms with Crippen LogP contribution in [0.2, 0.25) is 0 Å². The molecule has 1 fully saturated rings. The van der Waals surface area contributed by atoms with Crippen LogP contribution >= 0.6 is 0 Å². The Morgan fingerprint density at radius 3 is 2.17 bits per heavy atom. The number of anilines is 1. The Hall–Kier alpha value is -2.30. The molecule has 0 radical (unpaired) electrons. The lowest BCUT2D eigenvalue weighted by Gasteiger charge is -2.21. The predicted molar refractivity (Wildman–Crippen MR) is 107 cm³/mol. The molecule has 0 bridgehead atoms. The largest absolute Gasteiger partial charge is 0.406 e. The third kappa shape index (κ3) is 5.65. The number of carbonyl (C=O) groups excluding carboxylic acids is 2. The number of halogens is 3. The zero-order chi connectivity index (χ0) is 22.9. The van der Waals surface area contributed by atoms with Gasteiger partial charge in [0.2, 0.25) is 15.9 Å². The number of nitrogens with zero attached hydrogens (tertiary/aromatic N) is 1. The second-order valence-electron chi connectivity index (χ2n) is 7.87. The van der Waals surface area contributed by atoms with Gasteiger partial charge in [-0.3, -0.25) is 4.79 Å². The van der Waals surface area contributed by atoms with Crippen LogP contribution in [-0.2, 0) is 14.8 Å². The van der Waals surface area contributed by atoms with E-state index in [1.807, 2.05) is 45.9 Å². The van der Waals surface area contributed by atoms with E-state index in [9.17, 15) is 31.2 Å². The standard InChI is InChI=1S/C19H26F3N3O4S/c1-11(2)13-6-5-7-14(12(3)4)16(13)23-18(27)24-30(28,29)15-8-9-25(17(15)26)10-19(20,21)22/h5-7,11-12,15H,8-10H2,1-4H3,(H2,23,24,27). The smallest absolute Gasteiger partial charge is 0.332 e. The number of likely N-dealkylation sites (tertiary alicyclic amines) is 1. The lowest BCUT2D eigenvalue weighted by Crippen LogP contribution is -2.45. The van der Waals surface area contributed by atoms with E-state index in [1.54, 1.807) is 4.72 Å². The molecule has 2 N–H and O–H groups in total. The highest BCUT2D eigenvalue weighted by atomic mass is 32.2. The van der Waals surface area contributed by atoms with Crippen LogP contribution < -0.4 is 10.0 Å². The minimum atomic E-state index is -4.63. The molecule has 1 aliphatic heterocycles. The van der Waals surface area contributed by atoms with Crippen LogP contribution in [-0.4, -0.2) is 49.8 Å². The fraction of sp³-hybridized carbons (Fsp3) is 0.579. The molecule has 1 saturated heterocycles. The van der Waals surface area contributed by atoms with Crippen LogP contribution in [0, 0.1) is 0 Å². The van der Waals surface area contributed by atoms with Crippen molar-refractivity contribution in [2.45, 2.75) is 57.4 Å². The third-order valence-corrected chi connectivity index (χ3v) is 6.50. The highest BCUT2D eigenvalue weighted by Gasteiger charge is 2.45. The lowest BCUT2D eigenvalue weighted by atomic mass is 9.93. The number of amides is 3. The molecule has 11 heteroatoms. The fourth-order valence-electron chi connectivity index (χ4n) is 3.41. The van der Waals surface area contributed by atoms with E-state index in [1.165, 1.54) is 0 Å². The van der Waals surface area contributed by atoms with E-state index in [-0.39, 0.29) is 24.8 Å². The first-order chi connectivity index (χ1) is 13.7. The summed E-state index contributed by atoms with van der Waals surface area (Å²) < 4.78 is 64.4. The minimum absolute atomic E-state index is 0.0444. The number of carbonyl (C=O) groups is 2. The van der Waals surface area contributed by atoms with Gasteiger partial charge in [0, 0.05) is 12.2 Å². The van der Waals surface area contributed by atoms with E-state index in [4.69, 9.17) is 0 Å². The lowest BCUT2D eigenvalue weighted by molar-refractivity contribution is -0.157. The molecule has 1 aromatic rings. The fourth-order valence-corrected chi connectivity index (χ4v) is 4.69. The SMILES string of the molecule is CC(C)c1cccc(C(C)C)c1NC(=O)NS(=O)(=O)C1CCN(CC(F)(F)F)C1=O. The van der Waals surface area contributed by atoms with E-state index in [2.05, 4.69) is 5.32 Å². The topological polar surface area (TPSA) is 95.6 Å². The Kier molecular flexibility index (Phi) is 7.05. The highest BCUT2D eigenvalue weighted by molar-refractivity contribution is 7.91. The number of benzene rings is 1. The van der Waals surface area contributed by atoms with Gasteiger partial charge in [-0.1, -0.05) is 45.9 Å². The van der Waals surface area contributed by atoms with E-state index in [0.717, 1.165) is 11.1 Å². The third-order valence-electron chi connectivity index (χ3n) is 4.84. The summed E-state index contributed by atoms with van der Waals surface area (Å²) in [6.07, 6.45) is -4.95. The van der Waals surface area contributed by atoms with Gasteiger partial charge in [-0.15, -0.1) is 0 Å². The normalized spacial score (nSPS) is 17.7. The molecular weight excluding hydrogens is 423 g/mol. The first-order valence-electron chi connectivity index (χ1n) is 9.54. The van der Waals surface area contributed by atoms with Crippen LogP contribution in [0.5, 0.6) is 0 Å². The molecule has 1 heterocycles. The molecule has 168 valence electrons. The van der Waals surface area contributed by atoms with Crippen molar-refractivity contribution in [1.82, 2.24) is 9.62 Å². The second kappa shape index (κ2) is 8.83. The summed E-state index contributed by atoms with van der Waals surface area (Å²) in [4.78, 5) is 25.0. The molecule has 2 rings (SSSR count). The molecular formula is C19H26F3N3O4S. The minimum Gasteiger partial charge on any atom is -0.332 e. The number of alkyl halides is 3. The van der Waals surface area contributed by atoms with Gasteiger partial charge in [-0.2, -0.15) is 13.2 Å². The van der Waals surface area contributed by atoms with Crippen molar-refractivity contribution in [2.24, 2.45) is 0 Å². The number of hydrogen-bond acceptors (Lipinski definition) is 4. The van der Waals surface area contributed by atoms with Crippen molar-refractivity contribution < 1.29 is 31.2 Å². The molecule has 1 aliphatic rings. The number of rotatable bonds is 6. The Morgan fingerprint density at radius 2 is 1.70 bits per heavy atom. The summed E-state index contributed by atoms with van der Waals surface area (Å²) in [5, 5.41) is 0.811. The van der Waals surface area contributed by atoms with Gasteiger partial charge in [-0.05, 0) is 29.4 Å². The Labute approximate surface area is 174 Å². The van der Waals surface area contributed by atoms with Gasteiger partial charge < -0.3 is 10.2 Å². The highest BCUT2D eigenvalue weighted by Crippen LogP contribution is 2.32. The molecule has 0 saturated carbocycles. The molecule has 0 aliphatic carbocycles. The first-order valence-corrected chi connectivity index (χ1v) is 11.1. The molecule has 30 heavy (non-hydrogen) atoms. The Balaban J connectivity index is 2.18. The number of para-hydroxylation sites is 1. The van der Waals surface area contributed by atoms with Crippen molar-refractivity contribution >= 4 is 27.6 Å². The van der Waals surface area contributed by atoms with E-state index < -0.39 is 39.9 Å². The summed E-state index contributed by atoms with van der Waals surface area (Å²) in [6, 6.07) is 4.41. The number of hydrogen-bond donors (Lipinski definition) is 2. The quantitative estimate of drug-likeness (QED) is 0.694. The average molecular weight is 449 g/mol. The average Bonchev–Trinajstić information content (AvgIpc) is 2.93. The maximum Gasteiger partial charge on any atom is 0.406 e. The monoisotopic (exact) mass is 449 g/mol. The Morgan fingerprint density at radius 1 is 1.17 bits per heavy atom. The van der Waals surface area contributed by atoms with Crippen LogP contribution in [0.1, 0.15) is 57.1 Å². The summed E-state index contributed by atoms with van der Waals surface area (Å²) in [5.74, 6) is -1.08. The summed E-state index contributed by atoms with van der Waals surface area (Å²) in [6.45, 7) is 5.82. The second-order valence-corrected chi connectivity index (χ2v) is 9.74. The maximum absolute atomic E-state index is 12.5. The van der Waals surface area contributed by atoms with Crippen LogP contribution in [0.4, 0.5) is 23.7 Å². The molecule has 1 unspecified atom stereocenters. The molecule has 0 aromatic heterocycles. The van der Waals surface area contributed by atoms with Crippen LogP contribution in [0.3, 0.4) is 0 Å². The zero-order valence-electron chi connectivity index (χ0n) is 17.2. The van der Waals surface area contributed by atoms with E-state index in [0.29, 0.717) is 10.6 Å². The number of sulfonamides is 1. The van der Waals surface area contributed by atoms with E-state index >= 15 is 0 Å². The van der Waals surface area contributed by atoms with Crippen LogP contribution in [0.15, 0.2) is 18.2 Å². The van der Waals surface area contributed by atoms with Gasteiger partial charge in [0.1, 0.15) is 6.54 Å². The molecule has 1 aromatic carbocycles. The molecule has 7 nitrogen and oxygen atoms in total. The Bertz CT molecular complexity index is 888. The van der Waals surface area contributed by atoms with Crippen LogP contribution in [0.25, 0.3) is 0 Å². The summed E-state index contributed by atoms with van der Waals surface area (Å²) in [5.41, 5.74) is 2.09. The summed E-state index contributed by atoms with van der Waals surface area (Å²) >= 11 is 0.